The summed E-state index contributed by atoms with van der Waals surface area (Å²) < 4.78 is 11.3. The molecule has 1 aliphatic rings. The van der Waals surface area contributed by atoms with Crippen molar-refractivity contribution in [1.82, 2.24) is 0 Å². The van der Waals surface area contributed by atoms with Crippen molar-refractivity contribution in [2.45, 2.75) is 38.2 Å². The minimum Gasteiger partial charge on any atom is -0.379 e. The van der Waals surface area contributed by atoms with Crippen LogP contribution in [0.1, 0.15) is 31.2 Å². The molecule has 2 heteroatoms. The van der Waals surface area contributed by atoms with Crippen LogP contribution in [0.25, 0.3) is 0 Å². The van der Waals surface area contributed by atoms with Crippen LogP contribution in [-0.2, 0) is 15.9 Å². The molecule has 0 atom stereocenters. The van der Waals surface area contributed by atoms with Gasteiger partial charge in [0, 0.05) is 0 Å². The Bertz CT molecular complexity index is 291. The molecule has 1 aromatic rings. The van der Waals surface area contributed by atoms with Gasteiger partial charge in [-0.05, 0) is 24.8 Å². The zero-order valence-electron chi connectivity index (χ0n) is 10.4. The molecule has 2 nitrogen and oxygen atoms in total. The van der Waals surface area contributed by atoms with Crippen molar-refractivity contribution in [3.8, 4) is 0 Å². The summed E-state index contributed by atoms with van der Waals surface area (Å²) in [6.07, 6.45) is 6.64. The standard InChI is InChI=1S/C15H22O2/c1-2-6-14(7-3-1)10-11-16-12-13-17-15-8-4-5-9-15/h1-3,6-7,15H,4-5,8-13H2. The first-order valence-corrected chi connectivity index (χ1v) is 6.68. The summed E-state index contributed by atoms with van der Waals surface area (Å²) >= 11 is 0. The van der Waals surface area contributed by atoms with Crippen molar-refractivity contribution in [2.24, 2.45) is 0 Å². The lowest BCUT2D eigenvalue weighted by atomic mass is 10.2. The largest absolute Gasteiger partial charge is 0.379 e. The van der Waals surface area contributed by atoms with E-state index in [1.54, 1.807) is 0 Å². The van der Waals surface area contributed by atoms with E-state index in [9.17, 15) is 0 Å². The van der Waals surface area contributed by atoms with E-state index in [0.29, 0.717) is 6.10 Å². The molecule has 0 aliphatic heterocycles. The summed E-state index contributed by atoms with van der Waals surface area (Å²) in [5, 5.41) is 0. The second kappa shape index (κ2) is 7.46. The Labute approximate surface area is 104 Å². The Morgan fingerprint density at radius 2 is 1.71 bits per heavy atom. The molecular weight excluding hydrogens is 212 g/mol. The van der Waals surface area contributed by atoms with E-state index in [4.69, 9.17) is 9.47 Å². The van der Waals surface area contributed by atoms with Gasteiger partial charge in [0.25, 0.3) is 0 Å². The van der Waals surface area contributed by atoms with E-state index in [2.05, 4.69) is 24.3 Å². The Balaban J connectivity index is 1.46. The first-order valence-electron chi connectivity index (χ1n) is 6.68. The fraction of sp³-hybridized carbons (Fsp3) is 0.600. The maximum absolute atomic E-state index is 5.73. The van der Waals surface area contributed by atoms with Gasteiger partial charge in [0.05, 0.1) is 25.9 Å². The van der Waals surface area contributed by atoms with Gasteiger partial charge in [-0.25, -0.2) is 0 Å². The smallest absolute Gasteiger partial charge is 0.0704 e. The molecule has 1 saturated carbocycles. The van der Waals surface area contributed by atoms with Gasteiger partial charge < -0.3 is 9.47 Å². The third kappa shape index (κ3) is 4.88. The summed E-state index contributed by atoms with van der Waals surface area (Å²) in [4.78, 5) is 0. The van der Waals surface area contributed by atoms with Crippen molar-refractivity contribution < 1.29 is 9.47 Å². The Morgan fingerprint density at radius 1 is 0.941 bits per heavy atom. The normalized spacial score (nSPS) is 16.5. The van der Waals surface area contributed by atoms with Crippen LogP contribution >= 0.6 is 0 Å². The van der Waals surface area contributed by atoms with E-state index in [1.165, 1.54) is 31.2 Å². The quantitative estimate of drug-likeness (QED) is 0.674. The second-order valence-electron chi connectivity index (χ2n) is 4.63. The molecule has 0 unspecified atom stereocenters. The molecule has 0 heterocycles. The zero-order valence-corrected chi connectivity index (χ0v) is 10.4. The maximum atomic E-state index is 5.73. The monoisotopic (exact) mass is 234 g/mol. The zero-order chi connectivity index (χ0) is 11.8. The van der Waals surface area contributed by atoms with Crippen molar-refractivity contribution in [3.63, 3.8) is 0 Å². The van der Waals surface area contributed by atoms with Gasteiger partial charge in [-0.2, -0.15) is 0 Å². The molecule has 0 amide bonds. The van der Waals surface area contributed by atoms with Gasteiger partial charge in [0.1, 0.15) is 0 Å². The number of hydrogen-bond donors (Lipinski definition) is 0. The van der Waals surface area contributed by atoms with Crippen LogP contribution in [0.4, 0.5) is 0 Å². The fourth-order valence-electron chi connectivity index (χ4n) is 2.27. The highest BCUT2D eigenvalue weighted by molar-refractivity contribution is 5.14. The summed E-state index contributed by atoms with van der Waals surface area (Å²) in [5.74, 6) is 0. The molecule has 0 saturated heterocycles. The van der Waals surface area contributed by atoms with Crippen LogP contribution in [0.3, 0.4) is 0 Å². The van der Waals surface area contributed by atoms with Gasteiger partial charge in [0.15, 0.2) is 0 Å². The van der Waals surface area contributed by atoms with Crippen LogP contribution in [0.15, 0.2) is 30.3 Å². The third-order valence-corrected chi connectivity index (χ3v) is 3.26. The van der Waals surface area contributed by atoms with E-state index < -0.39 is 0 Å². The molecular formula is C15H22O2. The maximum Gasteiger partial charge on any atom is 0.0704 e. The topological polar surface area (TPSA) is 18.5 Å². The molecule has 0 aromatic heterocycles. The molecule has 2 rings (SSSR count). The van der Waals surface area contributed by atoms with Crippen LogP contribution in [0.2, 0.25) is 0 Å². The molecule has 1 aliphatic carbocycles. The van der Waals surface area contributed by atoms with Crippen molar-refractivity contribution in [2.75, 3.05) is 19.8 Å². The van der Waals surface area contributed by atoms with Gasteiger partial charge in [-0.1, -0.05) is 43.2 Å². The second-order valence-corrected chi connectivity index (χ2v) is 4.63. The minimum atomic E-state index is 0.507. The van der Waals surface area contributed by atoms with Crippen LogP contribution < -0.4 is 0 Å². The first kappa shape index (κ1) is 12.6. The molecule has 17 heavy (non-hydrogen) atoms. The van der Waals surface area contributed by atoms with Crippen LogP contribution in [-0.4, -0.2) is 25.9 Å². The molecule has 1 fully saturated rings. The average Bonchev–Trinajstić information content (AvgIpc) is 2.88. The molecule has 1 aromatic carbocycles. The van der Waals surface area contributed by atoms with E-state index in [0.717, 1.165) is 26.2 Å². The van der Waals surface area contributed by atoms with E-state index >= 15 is 0 Å². The summed E-state index contributed by atoms with van der Waals surface area (Å²) in [6.45, 7) is 2.26. The summed E-state index contributed by atoms with van der Waals surface area (Å²) in [7, 11) is 0. The highest BCUT2D eigenvalue weighted by Gasteiger charge is 2.14. The molecule has 0 bridgehead atoms. The highest BCUT2D eigenvalue weighted by atomic mass is 16.5. The van der Waals surface area contributed by atoms with Crippen LogP contribution in [0.5, 0.6) is 0 Å². The average molecular weight is 234 g/mol. The molecule has 0 spiro atoms. The number of hydrogen-bond acceptors (Lipinski definition) is 2. The van der Waals surface area contributed by atoms with Crippen molar-refractivity contribution >= 4 is 0 Å². The predicted molar refractivity (Wildman–Crippen MR) is 69.2 cm³/mol. The summed E-state index contributed by atoms with van der Waals surface area (Å²) in [5.41, 5.74) is 1.34. The van der Waals surface area contributed by atoms with E-state index in [1.807, 2.05) is 6.07 Å². The Kier molecular flexibility index (Phi) is 5.53. The summed E-state index contributed by atoms with van der Waals surface area (Å²) in [6, 6.07) is 10.5. The number of ether oxygens (including phenoxy) is 2. The Morgan fingerprint density at radius 3 is 2.47 bits per heavy atom. The van der Waals surface area contributed by atoms with Gasteiger partial charge in [0.2, 0.25) is 0 Å². The minimum absolute atomic E-state index is 0.507. The predicted octanol–water partition coefficient (Wildman–Crippen LogP) is 3.20. The molecule has 0 radical (unpaired) electrons. The Hall–Kier alpha value is -0.860. The molecule has 94 valence electrons. The number of rotatable bonds is 7. The lowest BCUT2D eigenvalue weighted by molar-refractivity contribution is 0.00861. The lowest BCUT2D eigenvalue weighted by Crippen LogP contribution is -2.13. The number of benzene rings is 1. The van der Waals surface area contributed by atoms with E-state index in [-0.39, 0.29) is 0 Å². The van der Waals surface area contributed by atoms with Gasteiger partial charge in [-0.3, -0.25) is 0 Å². The van der Waals surface area contributed by atoms with Gasteiger partial charge >= 0.3 is 0 Å². The van der Waals surface area contributed by atoms with Crippen LogP contribution in [0, 0.1) is 0 Å². The van der Waals surface area contributed by atoms with Crippen molar-refractivity contribution in [1.29, 1.82) is 0 Å². The lowest BCUT2D eigenvalue weighted by Gasteiger charge is -2.11. The SMILES string of the molecule is c1ccc(CCOCCOC2CCCC2)cc1. The molecule has 0 N–H and O–H groups in total. The highest BCUT2D eigenvalue weighted by Crippen LogP contribution is 2.20. The third-order valence-electron chi connectivity index (χ3n) is 3.26. The first-order chi connectivity index (χ1) is 8.45. The fourth-order valence-corrected chi connectivity index (χ4v) is 2.27. The van der Waals surface area contributed by atoms with Gasteiger partial charge in [-0.15, -0.1) is 0 Å². The van der Waals surface area contributed by atoms with Crippen molar-refractivity contribution in [3.05, 3.63) is 35.9 Å².